The van der Waals surface area contributed by atoms with Gasteiger partial charge >= 0.3 is 0 Å². The fraction of sp³-hybridized carbons (Fsp3) is 0.381. The van der Waals surface area contributed by atoms with Gasteiger partial charge in [0.05, 0.1) is 4.90 Å². The molecule has 1 aliphatic heterocycles. The second kappa shape index (κ2) is 9.15. The Morgan fingerprint density at radius 3 is 2.34 bits per heavy atom. The Kier molecular flexibility index (Phi) is 6.82. The van der Waals surface area contributed by atoms with Gasteiger partial charge in [0.2, 0.25) is 0 Å². The maximum Gasteiger partial charge on any atom is 0.253 e. The molecule has 0 N–H and O–H groups in total. The van der Waals surface area contributed by atoms with Crippen molar-refractivity contribution in [1.82, 2.24) is 9.80 Å². The van der Waals surface area contributed by atoms with Crippen LogP contribution in [0.2, 0.25) is 5.02 Å². The van der Waals surface area contributed by atoms with E-state index in [0.29, 0.717) is 35.8 Å². The Balaban J connectivity index is 1.51. The Labute approximate surface area is 176 Å². The van der Waals surface area contributed by atoms with Crippen LogP contribution in [-0.4, -0.2) is 69.7 Å². The molecule has 0 bridgehead atoms. The Bertz CT molecular complexity index is 969. The molecule has 0 atom stereocenters. The predicted molar refractivity (Wildman–Crippen MR) is 114 cm³/mol. The summed E-state index contributed by atoms with van der Waals surface area (Å²) < 4.78 is 29.6. The molecule has 6 nitrogen and oxygen atoms in total. The van der Waals surface area contributed by atoms with Crippen molar-refractivity contribution < 1.29 is 17.9 Å². The van der Waals surface area contributed by atoms with Crippen LogP contribution in [0, 0.1) is 6.92 Å². The van der Waals surface area contributed by atoms with Crippen LogP contribution >= 0.6 is 11.6 Å². The third-order valence-corrected chi connectivity index (χ3v) is 6.47. The molecule has 1 saturated heterocycles. The first kappa shape index (κ1) is 21.6. The summed E-state index contributed by atoms with van der Waals surface area (Å²) in [5.41, 5.74) is 1.06. The molecule has 3 rings (SSSR count). The molecule has 0 unspecified atom stereocenters. The van der Waals surface area contributed by atoms with Gasteiger partial charge in [0.1, 0.15) is 12.4 Å². The number of hydrogen-bond acceptors (Lipinski definition) is 5. The number of nitrogens with zero attached hydrogens (tertiary/aromatic N) is 2. The van der Waals surface area contributed by atoms with Crippen LogP contribution in [0.3, 0.4) is 0 Å². The van der Waals surface area contributed by atoms with Crippen molar-refractivity contribution in [3.8, 4) is 5.75 Å². The minimum atomic E-state index is -3.36. The van der Waals surface area contributed by atoms with E-state index in [-0.39, 0.29) is 10.8 Å². The zero-order valence-corrected chi connectivity index (χ0v) is 18.2. The number of ether oxygens (including phenoxy) is 1. The van der Waals surface area contributed by atoms with E-state index in [9.17, 15) is 13.2 Å². The maximum absolute atomic E-state index is 12.8. The lowest BCUT2D eigenvalue weighted by atomic mass is 10.1. The van der Waals surface area contributed by atoms with Gasteiger partial charge in [-0.15, -0.1) is 0 Å². The van der Waals surface area contributed by atoms with Gasteiger partial charge in [0, 0.05) is 49.6 Å². The summed E-state index contributed by atoms with van der Waals surface area (Å²) in [7, 11) is -3.36. The highest BCUT2D eigenvalue weighted by molar-refractivity contribution is 7.90. The smallest absolute Gasteiger partial charge is 0.253 e. The third-order valence-electron chi connectivity index (χ3n) is 4.98. The van der Waals surface area contributed by atoms with Crippen molar-refractivity contribution in [3.63, 3.8) is 0 Å². The number of piperazine rings is 1. The summed E-state index contributed by atoms with van der Waals surface area (Å²) in [4.78, 5) is 17.0. The van der Waals surface area contributed by atoms with Gasteiger partial charge in [-0.25, -0.2) is 8.42 Å². The van der Waals surface area contributed by atoms with Crippen molar-refractivity contribution in [2.75, 3.05) is 45.6 Å². The standard InChI is InChI=1S/C21H25ClN2O4S/c1-16-3-4-17(15-20(16)29(2,26)27)21(25)24-11-9-23(10-12-24)13-14-28-19-7-5-18(22)6-8-19/h3-8,15H,9-14H2,1-2H3. The summed E-state index contributed by atoms with van der Waals surface area (Å²) in [6.07, 6.45) is 1.16. The molecule has 0 saturated carbocycles. The summed E-state index contributed by atoms with van der Waals surface area (Å²) in [6.45, 7) is 5.76. The lowest BCUT2D eigenvalue weighted by Gasteiger charge is -2.34. The summed E-state index contributed by atoms with van der Waals surface area (Å²) in [5, 5.41) is 0.676. The molecule has 0 spiro atoms. The van der Waals surface area contributed by atoms with Crippen LogP contribution in [0.25, 0.3) is 0 Å². The number of sulfone groups is 1. The fourth-order valence-electron chi connectivity index (χ4n) is 3.31. The van der Waals surface area contributed by atoms with Crippen molar-refractivity contribution in [3.05, 3.63) is 58.6 Å². The van der Waals surface area contributed by atoms with Crippen LogP contribution in [0.5, 0.6) is 5.75 Å². The number of amides is 1. The quantitative estimate of drug-likeness (QED) is 0.696. The number of hydrogen-bond donors (Lipinski definition) is 0. The molecule has 0 aromatic heterocycles. The molecular formula is C21H25ClN2O4S. The van der Waals surface area contributed by atoms with Gasteiger partial charge in [0.15, 0.2) is 9.84 Å². The van der Waals surface area contributed by atoms with E-state index >= 15 is 0 Å². The molecule has 8 heteroatoms. The number of halogens is 1. The monoisotopic (exact) mass is 436 g/mol. The van der Waals surface area contributed by atoms with Crippen molar-refractivity contribution in [1.29, 1.82) is 0 Å². The second-order valence-electron chi connectivity index (χ2n) is 7.19. The highest BCUT2D eigenvalue weighted by Gasteiger charge is 2.23. The van der Waals surface area contributed by atoms with Crippen molar-refractivity contribution in [2.24, 2.45) is 0 Å². The summed E-state index contributed by atoms with van der Waals surface area (Å²) in [5.74, 6) is 0.649. The average Bonchev–Trinajstić information content (AvgIpc) is 2.69. The minimum absolute atomic E-state index is 0.132. The normalized spacial score (nSPS) is 15.3. The highest BCUT2D eigenvalue weighted by atomic mass is 35.5. The van der Waals surface area contributed by atoms with E-state index in [1.54, 1.807) is 36.1 Å². The van der Waals surface area contributed by atoms with E-state index in [1.807, 2.05) is 12.1 Å². The number of aryl methyl sites for hydroxylation is 1. The molecule has 29 heavy (non-hydrogen) atoms. The zero-order valence-electron chi connectivity index (χ0n) is 16.6. The summed E-state index contributed by atoms with van der Waals surface area (Å²) >= 11 is 5.86. The number of carbonyl (C=O) groups excluding carboxylic acids is 1. The SMILES string of the molecule is Cc1ccc(C(=O)N2CCN(CCOc3ccc(Cl)cc3)CC2)cc1S(C)(=O)=O. The Morgan fingerprint density at radius 1 is 1.07 bits per heavy atom. The maximum atomic E-state index is 12.8. The van der Waals surface area contributed by atoms with Gasteiger partial charge in [-0.3, -0.25) is 9.69 Å². The molecule has 1 amide bonds. The van der Waals surface area contributed by atoms with E-state index in [0.717, 1.165) is 31.6 Å². The first-order valence-corrected chi connectivity index (χ1v) is 11.7. The molecular weight excluding hydrogens is 412 g/mol. The van der Waals surface area contributed by atoms with Gasteiger partial charge in [0.25, 0.3) is 5.91 Å². The molecule has 0 radical (unpaired) electrons. The van der Waals surface area contributed by atoms with Gasteiger partial charge in [-0.05, 0) is 48.9 Å². The predicted octanol–water partition coefficient (Wildman–Crippen LogP) is 2.89. The van der Waals surface area contributed by atoms with Crippen molar-refractivity contribution >= 4 is 27.3 Å². The average molecular weight is 437 g/mol. The van der Waals surface area contributed by atoms with Crippen LogP contribution < -0.4 is 4.74 Å². The van der Waals surface area contributed by atoms with E-state index in [1.165, 1.54) is 6.07 Å². The van der Waals surface area contributed by atoms with Crippen molar-refractivity contribution in [2.45, 2.75) is 11.8 Å². The Hall–Kier alpha value is -2.09. The zero-order chi connectivity index (χ0) is 21.0. The van der Waals surface area contributed by atoms with E-state index < -0.39 is 9.84 Å². The van der Waals surface area contributed by atoms with Gasteiger partial charge in [-0.1, -0.05) is 17.7 Å². The molecule has 1 heterocycles. The molecule has 2 aromatic carbocycles. The van der Waals surface area contributed by atoms with Crippen LogP contribution in [0.4, 0.5) is 0 Å². The molecule has 156 valence electrons. The lowest BCUT2D eigenvalue weighted by molar-refractivity contribution is 0.0620. The van der Waals surface area contributed by atoms with Crippen LogP contribution in [0.15, 0.2) is 47.4 Å². The molecule has 2 aromatic rings. The minimum Gasteiger partial charge on any atom is -0.492 e. The lowest BCUT2D eigenvalue weighted by Crippen LogP contribution is -2.49. The topological polar surface area (TPSA) is 66.9 Å². The highest BCUT2D eigenvalue weighted by Crippen LogP contribution is 2.19. The van der Waals surface area contributed by atoms with Gasteiger partial charge in [-0.2, -0.15) is 0 Å². The number of carbonyl (C=O) groups is 1. The third kappa shape index (κ3) is 5.72. The molecule has 1 aliphatic rings. The van der Waals surface area contributed by atoms with E-state index in [2.05, 4.69) is 4.90 Å². The number of benzene rings is 2. The number of rotatable bonds is 6. The molecule has 0 aliphatic carbocycles. The largest absolute Gasteiger partial charge is 0.492 e. The second-order valence-corrected chi connectivity index (χ2v) is 9.61. The fourth-order valence-corrected chi connectivity index (χ4v) is 4.43. The van der Waals surface area contributed by atoms with Gasteiger partial charge < -0.3 is 9.64 Å². The van der Waals surface area contributed by atoms with E-state index in [4.69, 9.17) is 16.3 Å². The van der Waals surface area contributed by atoms with Crippen LogP contribution in [0.1, 0.15) is 15.9 Å². The van der Waals surface area contributed by atoms with Crippen LogP contribution in [-0.2, 0) is 9.84 Å². The summed E-state index contributed by atoms with van der Waals surface area (Å²) in [6, 6.07) is 12.1. The first-order valence-electron chi connectivity index (χ1n) is 9.45. The Morgan fingerprint density at radius 2 is 1.72 bits per heavy atom. The first-order chi connectivity index (χ1) is 13.7. The molecule has 1 fully saturated rings.